The van der Waals surface area contributed by atoms with Crippen LogP contribution in [-0.2, 0) is 11.3 Å². The molecule has 1 aliphatic heterocycles. The first kappa shape index (κ1) is 24.4. The third-order valence-corrected chi connectivity index (χ3v) is 5.17. The zero-order chi connectivity index (χ0) is 18.5. The van der Waals surface area contributed by atoms with Crippen LogP contribution in [0.15, 0.2) is 24.4 Å². The molecular formula is C20H31Cl2N5O. The molecule has 0 aromatic carbocycles. The summed E-state index contributed by atoms with van der Waals surface area (Å²) in [6.45, 7) is 8.82. The highest BCUT2D eigenvalue weighted by atomic mass is 35.5. The fraction of sp³-hybridized carbons (Fsp3) is 0.550. The SMILES string of the molecule is Cc1cc(C)n(-c2ccc(CNC(=O)CC(C)C3CCCNC3)cn2)n1.Cl.Cl. The van der Waals surface area contributed by atoms with Gasteiger partial charge in [-0.1, -0.05) is 13.0 Å². The maximum Gasteiger partial charge on any atom is 0.220 e. The van der Waals surface area contributed by atoms with E-state index in [0.717, 1.165) is 35.9 Å². The Morgan fingerprint density at radius 3 is 2.71 bits per heavy atom. The number of pyridine rings is 1. The fourth-order valence-corrected chi connectivity index (χ4v) is 3.60. The summed E-state index contributed by atoms with van der Waals surface area (Å²) in [6.07, 6.45) is 4.83. The van der Waals surface area contributed by atoms with E-state index in [-0.39, 0.29) is 30.7 Å². The third-order valence-electron chi connectivity index (χ3n) is 5.17. The molecule has 28 heavy (non-hydrogen) atoms. The number of piperidine rings is 1. The lowest BCUT2D eigenvalue weighted by Crippen LogP contribution is -2.35. The Labute approximate surface area is 179 Å². The number of amides is 1. The molecule has 2 atom stereocenters. The quantitative estimate of drug-likeness (QED) is 0.740. The minimum absolute atomic E-state index is 0. The van der Waals surface area contributed by atoms with E-state index in [1.165, 1.54) is 12.8 Å². The number of hydrogen-bond donors (Lipinski definition) is 2. The van der Waals surface area contributed by atoms with E-state index in [1.54, 1.807) is 6.20 Å². The van der Waals surface area contributed by atoms with Gasteiger partial charge in [0.2, 0.25) is 5.91 Å². The first-order chi connectivity index (χ1) is 12.5. The summed E-state index contributed by atoms with van der Waals surface area (Å²) in [7, 11) is 0. The zero-order valence-corrected chi connectivity index (χ0v) is 18.4. The third kappa shape index (κ3) is 6.47. The van der Waals surface area contributed by atoms with Gasteiger partial charge in [-0.3, -0.25) is 4.79 Å². The summed E-state index contributed by atoms with van der Waals surface area (Å²) in [5.74, 6) is 1.93. The van der Waals surface area contributed by atoms with Gasteiger partial charge in [-0.25, -0.2) is 9.67 Å². The van der Waals surface area contributed by atoms with E-state index in [1.807, 2.05) is 36.7 Å². The predicted octanol–water partition coefficient (Wildman–Crippen LogP) is 3.37. The second-order valence-electron chi connectivity index (χ2n) is 7.43. The van der Waals surface area contributed by atoms with Crippen LogP contribution >= 0.6 is 24.8 Å². The van der Waals surface area contributed by atoms with Crippen molar-refractivity contribution in [2.24, 2.45) is 11.8 Å². The normalized spacial score (nSPS) is 17.2. The summed E-state index contributed by atoms with van der Waals surface area (Å²) in [5.41, 5.74) is 3.03. The van der Waals surface area contributed by atoms with E-state index in [2.05, 4.69) is 27.6 Å². The predicted molar refractivity (Wildman–Crippen MR) is 117 cm³/mol. The molecular weight excluding hydrogens is 397 g/mol. The smallest absolute Gasteiger partial charge is 0.220 e. The fourth-order valence-electron chi connectivity index (χ4n) is 3.60. The number of rotatable bonds is 6. The van der Waals surface area contributed by atoms with Gasteiger partial charge in [0.05, 0.1) is 5.69 Å². The molecule has 1 amide bonds. The highest BCUT2D eigenvalue weighted by Crippen LogP contribution is 2.22. The Morgan fingerprint density at radius 2 is 2.14 bits per heavy atom. The number of nitrogens with one attached hydrogen (secondary N) is 2. The van der Waals surface area contributed by atoms with Crippen molar-refractivity contribution in [3.8, 4) is 5.82 Å². The molecule has 0 saturated carbocycles. The van der Waals surface area contributed by atoms with Crippen LogP contribution in [0.25, 0.3) is 5.82 Å². The minimum Gasteiger partial charge on any atom is -0.352 e. The molecule has 2 aromatic heterocycles. The Hall–Kier alpha value is -1.63. The van der Waals surface area contributed by atoms with Crippen molar-refractivity contribution in [1.82, 2.24) is 25.4 Å². The van der Waals surface area contributed by atoms with Crippen LogP contribution in [-0.4, -0.2) is 33.8 Å². The summed E-state index contributed by atoms with van der Waals surface area (Å²) < 4.78 is 1.83. The molecule has 0 radical (unpaired) electrons. The van der Waals surface area contributed by atoms with Crippen molar-refractivity contribution < 1.29 is 4.79 Å². The highest BCUT2D eigenvalue weighted by Gasteiger charge is 2.21. The monoisotopic (exact) mass is 427 g/mol. The van der Waals surface area contributed by atoms with E-state index in [4.69, 9.17) is 0 Å². The molecule has 1 aliphatic rings. The molecule has 2 unspecified atom stereocenters. The standard InChI is InChI=1S/C20H29N5O.2ClH/c1-14(18-5-4-8-21-13-18)9-20(26)23-12-17-6-7-19(22-11-17)25-16(3)10-15(2)24-25;;/h6-7,10-11,14,18,21H,4-5,8-9,12-13H2,1-3H3,(H,23,26);2*1H. The number of hydrogen-bond acceptors (Lipinski definition) is 4. The van der Waals surface area contributed by atoms with Gasteiger partial charge in [-0.2, -0.15) is 5.10 Å². The highest BCUT2D eigenvalue weighted by molar-refractivity contribution is 5.85. The molecule has 3 rings (SSSR count). The van der Waals surface area contributed by atoms with Crippen LogP contribution < -0.4 is 10.6 Å². The molecule has 0 bridgehead atoms. The van der Waals surface area contributed by atoms with Crippen LogP contribution in [0.3, 0.4) is 0 Å². The van der Waals surface area contributed by atoms with Crippen LogP contribution in [0.2, 0.25) is 0 Å². The van der Waals surface area contributed by atoms with E-state index < -0.39 is 0 Å². The largest absolute Gasteiger partial charge is 0.352 e. The van der Waals surface area contributed by atoms with Crippen molar-refractivity contribution in [3.63, 3.8) is 0 Å². The Bertz CT molecular complexity index is 742. The minimum atomic E-state index is 0. The molecule has 2 N–H and O–H groups in total. The van der Waals surface area contributed by atoms with Crippen LogP contribution in [0.5, 0.6) is 0 Å². The first-order valence-corrected chi connectivity index (χ1v) is 9.49. The van der Waals surface area contributed by atoms with Gasteiger partial charge >= 0.3 is 0 Å². The molecule has 2 aromatic rings. The van der Waals surface area contributed by atoms with Gasteiger partial charge in [0.25, 0.3) is 0 Å². The van der Waals surface area contributed by atoms with Crippen molar-refractivity contribution in [2.75, 3.05) is 13.1 Å². The van der Waals surface area contributed by atoms with Gasteiger partial charge in [0.15, 0.2) is 5.82 Å². The number of aryl methyl sites for hydroxylation is 2. The summed E-state index contributed by atoms with van der Waals surface area (Å²) >= 11 is 0. The zero-order valence-electron chi connectivity index (χ0n) is 16.8. The average molecular weight is 428 g/mol. The lowest BCUT2D eigenvalue weighted by Gasteiger charge is -2.28. The van der Waals surface area contributed by atoms with E-state index in [9.17, 15) is 4.79 Å². The van der Waals surface area contributed by atoms with Crippen molar-refractivity contribution in [1.29, 1.82) is 0 Å². The summed E-state index contributed by atoms with van der Waals surface area (Å²) in [4.78, 5) is 16.7. The second-order valence-corrected chi connectivity index (χ2v) is 7.43. The maximum absolute atomic E-state index is 12.2. The van der Waals surface area contributed by atoms with Gasteiger partial charge in [-0.05, 0) is 69.3 Å². The average Bonchev–Trinajstić information content (AvgIpc) is 2.99. The molecule has 6 nitrogen and oxygen atoms in total. The Morgan fingerprint density at radius 1 is 1.36 bits per heavy atom. The molecule has 156 valence electrons. The molecule has 1 fully saturated rings. The van der Waals surface area contributed by atoms with Gasteiger partial charge < -0.3 is 10.6 Å². The number of carbonyl (C=O) groups is 1. The molecule has 3 heterocycles. The van der Waals surface area contributed by atoms with Crippen molar-refractivity contribution >= 4 is 30.7 Å². The lowest BCUT2D eigenvalue weighted by molar-refractivity contribution is -0.122. The number of carbonyl (C=O) groups excluding carboxylic acids is 1. The van der Waals surface area contributed by atoms with Gasteiger partial charge in [0.1, 0.15) is 0 Å². The first-order valence-electron chi connectivity index (χ1n) is 9.49. The van der Waals surface area contributed by atoms with Crippen molar-refractivity contribution in [3.05, 3.63) is 41.3 Å². The number of halogens is 2. The van der Waals surface area contributed by atoms with E-state index in [0.29, 0.717) is 24.8 Å². The van der Waals surface area contributed by atoms with Crippen molar-refractivity contribution in [2.45, 2.75) is 46.6 Å². The molecule has 8 heteroatoms. The Balaban J connectivity index is 0.00000196. The molecule has 0 aliphatic carbocycles. The van der Waals surface area contributed by atoms with E-state index >= 15 is 0 Å². The van der Waals surface area contributed by atoms with Crippen LogP contribution in [0, 0.1) is 25.7 Å². The molecule has 0 spiro atoms. The summed E-state index contributed by atoms with van der Waals surface area (Å²) in [6, 6.07) is 5.96. The van der Waals surface area contributed by atoms with Gasteiger partial charge in [0, 0.05) is 24.9 Å². The topological polar surface area (TPSA) is 71.8 Å². The van der Waals surface area contributed by atoms with Crippen LogP contribution in [0.1, 0.15) is 43.1 Å². The number of aromatic nitrogens is 3. The van der Waals surface area contributed by atoms with Crippen LogP contribution in [0.4, 0.5) is 0 Å². The number of nitrogens with zero attached hydrogens (tertiary/aromatic N) is 3. The van der Waals surface area contributed by atoms with Gasteiger partial charge in [-0.15, -0.1) is 24.8 Å². The Kier molecular flexibility index (Phi) is 9.93. The second kappa shape index (κ2) is 11.4. The summed E-state index contributed by atoms with van der Waals surface area (Å²) in [5, 5.41) is 10.9. The lowest BCUT2D eigenvalue weighted by atomic mass is 9.85. The molecule has 1 saturated heterocycles. The maximum atomic E-state index is 12.2.